The normalized spacial score (nSPS) is 19.0. The zero-order chi connectivity index (χ0) is 20.7. The lowest BCUT2D eigenvalue weighted by atomic mass is 9.67. The van der Waals surface area contributed by atoms with Gasteiger partial charge < -0.3 is 10.2 Å². The van der Waals surface area contributed by atoms with E-state index in [2.05, 4.69) is 24.3 Å². The maximum Gasteiger partial charge on any atom is 0.118 e. The van der Waals surface area contributed by atoms with Crippen molar-refractivity contribution < 1.29 is 10.2 Å². The summed E-state index contributed by atoms with van der Waals surface area (Å²) in [7, 11) is 0. The van der Waals surface area contributed by atoms with Gasteiger partial charge in [-0.1, -0.05) is 88.5 Å². The van der Waals surface area contributed by atoms with Crippen LogP contribution in [0.3, 0.4) is 0 Å². The number of hydrogen-bond donors (Lipinski definition) is 2. The van der Waals surface area contributed by atoms with Gasteiger partial charge in [-0.05, 0) is 61.1 Å². The number of benzene rings is 2. The molecular formula is C27H38O2. The average molecular weight is 395 g/mol. The van der Waals surface area contributed by atoms with Crippen LogP contribution in [0.15, 0.2) is 36.4 Å². The van der Waals surface area contributed by atoms with Gasteiger partial charge in [0.25, 0.3) is 0 Å². The van der Waals surface area contributed by atoms with E-state index in [4.69, 9.17) is 0 Å². The van der Waals surface area contributed by atoms with Crippen LogP contribution in [0.2, 0.25) is 0 Å². The third-order valence-corrected chi connectivity index (χ3v) is 6.96. The fourth-order valence-electron chi connectivity index (χ4n) is 5.04. The van der Waals surface area contributed by atoms with E-state index in [0.29, 0.717) is 11.5 Å². The van der Waals surface area contributed by atoms with Crippen LogP contribution in [0.4, 0.5) is 0 Å². The monoisotopic (exact) mass is 394 g/mol. The maximum atomic E-state index is 10.1. The molecule has 29 heavy (non-hydrogen) atoms. The van der Waals surface area contributed by atoms with Gasteiger partial charge >= 0.3 is 0 Å². The summed E-state index contributed by atoms with van der Waals surface area (Å²) in [5.41, 5.74) is 4.46. The van der Waals surface area contributed by atoms with Crippen molar-refractivity contribution in [2.75, 3.05) is 0 Å². The molecule has 0 aliphatic heterocycles. The molecule has 0 saturated heterocycles. The fourth-order valence-corrected chi connectivity index (χ4v) is 5.04. The van der Waals surface area contributed by atoms with E-state index in [-0.39, 0.29) is 5.41 Å². The first-order chi connectivity index (χ1) is 14.0. The number of aromatic hydroxyl groups is 2. The van der Waals surface area contributed by atoms with Gasteiger partial charge in [0.1, 0.15) is 11.5 Å². The second kappa shape index (κ2) is 10.2. The SMILES string of the molecule is Cc1cc(C2(c3ccc(O)c(C)c3)CCCCCCCCCCCC2)ccc1O. The van der Waals surface area contributed by atoms with E-state index < -0.39 is 0 Å². The lowest BCUT2D eigenvalue weighted by Crippen LogP contribution is -2.28. The Morgan fingerprint density at radius 2 is 0.897 bits per heavy atom. The van der Waals surface area contributed by atoms with Crippen LogP contribution in [-0.4, -0.2) is 10.2 Å². The van der Waals surface area contributed by atoms with Gasteiger partial charge in [0.05, 0.1) is 0 Å². The first kappa shape index (κ1) is 21.7. The Hall–Kier alpha value is -1.96. The summed E-state index contributed by atoms with van der Waals surface area (Å²) in [6, 6.07) is 12.4. The van der Waals surface area contributed by atoms with Gasteiger partial charge in [-0.15, -0.1) is 0 Å². The van der Waals surface area contributed by atoms with Crippen LogP contribution >= 0.6 is 0 Å². The lowest BCUT2D eigenvalue weighted by molar-refractivity contribution is 0.392. The Bertz CT molecular complexity index is 726. The molecule has 2 nitrogen and oxygen atoms in total. The summed E-state index contributed by atoms with van der Waals surface area (Å²) < 4.78 is 0. The van der Waals surface area contributed by atoms with Gasteiger partial charge in [-0.2, -0.15) is 0 Å². The lowest BCUT2D eigenvalue weighted by Gasteiger charge is -2.36. The van der Waals surface area contributed by atoms with E-state index in [1.807, 2.05) is 26.0 Å². The van der Waals surface area contributed by atoms with Crippen molar-refractivity contribution in [1.82, 2.24) is 0 Å². The Labute approximate surface area is 177 Å². The standard InChI is InChI=1S/C27H38O2/c1-21-19-23(13-15-25(21)28)27(24-14-16-26(29)22(2)20-24)17-11-9-7-5-3-4-6-8-10-12-18-27/h13-16,19-20,28-29H,3-12,17-18H2,1-2H3. The molecule has 3 rings (SSSR count). The van der Waals surface area contributed by atoms with E-state index in [9.17, 15) is 10.2 Å². The minimum Gasteiger partial charge on any atom is -0.508 e. The Balaban J connectivity index is 2.04. The van der Waals surface area contributed by atoms with Crippen LogP contribution in [0.1, 0.15) is 99.3 Å². The molecular weight excluding hydrogens is 356 g/mol. The van der Waals surface area contributed by atoms with Gasteiger partial charge in [0.15, 0.2) is 0 Å². The van der Waals surface area contributed by atoms with Gasteiger partial charge in [0.2, 0.25) is 0 Å². The third-order valence-electron chi connectivity index (χ3n) is 6.96. The molecule has 2 aromatic carbocycles. The quantitative estimate of drug-likeness (QED) is 0.548. The molecule has 0 radical (unpaired) electrons. The molecule has 0 spiro atoms. The van der Waals surface area contributed by atoms with Crippen molar-refractivity contribution in [3.63, 3.8) is 0 Å². The molecule has 2 heteroatoms. The molecule has 0 unspecified atom stereocenters. The largest absolute Gasteiger partial charge is 0.508 e. The van der Waals surface area contributed by atoms with E-state index in [1.165, 1.54) is 75.3 Å². The van der Waals surface area contributed by atoms with Gasteiger partial charge in [-0.3, -0.25) is 0 Å². The average Bonchev–Trinajstić information content (AvgIpc) is 2.73. The number of hydrogen-bond acceptors (Lipinski definition) is 2. The van der Waals surface area contributed by atoms with Crippen LogP contribution in [0.25, 0.3) is 0 Å². The topological polar surface area (TPSA) is 40.5 Å². The number of rotatable bonds is 2. The van der Waals surface area contributed by atoms with Gasteiger partial charge in [-0.25, -0.2) is 0 Å². The summed E-state index contributed by atoms with van der Waals surface area (Å²) in [5.74, 6) is 0.742. The smallest absolute Gasteiger partial charge is 0.118 e. The van der Waals surface area contributed by atoms with E-state index in [1.54, 1.807) is 0 Å². The van der Waals surface area contributed by atoms with Crippen LogP contribution < -0.4 is 0 Å². The molecule has 1 aliphatic rings. The van der Waals surface area contributed by atoms with Crippen molar-refractivity contribution in [2.45, 2.75) is 96.3 Å². The highest BCUT2D eigenvalue weighted by Gasteiger charge is 2.34. The molecule has 1 fully saturated rings. The molecule has 2 N–H and O–H groups in total. The van der Waals surface area contributed by atoms with Crippen molar-refractivity contribution >= 4 is 0 Å². The molecule has 1 saturated carbocycles. The molecule has 2 aromatic rings. The fraction of sp³-hybridized carbons (Fsp3) is 0.556. The summed E-state index contributed by atoms with van der Waals surface area (Å²) in [6.07, 6.45) is 15.4. The summed E-state index contributed by atoms with van der Waals surface area (Å²) in [6.45, 7) is 3.99. The van der Waals surface area contributed by atoms with Crippen molar-refractivity contribution in [2.24, 2.45) is 0 Å². The maximum absolute atomic E-state index is 10.1. The van der Waals surface area contributed by atoms with Crippen molar-refractivity contribution in [3.05, 3.63) is 58.7 Å². The number of phenolic OH excluding ortho intramolecular Hbond substituents is 2. The number of aryl methyl sites for hydroxylation is 2. The zero-order valence-corrected chi connectivity index (χ0v) is 18.3. The molecule has 0 amide bonds. The third kappa shape index (κ3) is 5.35. The summed E-state index contributed by atoms with van der Waals surface area (Å²) in [4.78, 5) is 0. The molecule has 0 heterocycles. The first-order valence-corrected chi connectivity index (χ1v) is 11.6. The number of phenols is 2. The summed E-state index contributed by atoms with van der Waals surface area (Å²) >= 11 is 0. The van der Waals surface area contributed by atoms with Crippen LogP contribution in [0, 0.1) is 13.8 Å². The highest BCUT2D eigenvalue weighted by Crippen LogP contribution is 2.44. The minimum atomic E-state index is -0.0506. The molecule has 1 aliphatic carbocycles. The highest BCUT2D eigenvalue weighted by molar-refractivity contribution is 5.47. The molecule has 158 valence electrons. The minimum absolute atomic E-state index is 0.0506. The zero-order valence-electron chi connectivity index (χ0n) is 18.3. The molecule has 0 aromatic heterocycles. The predicted molar refractivity (Wildman–Crippen MR) is 122 cm³/mol. The Morgan fingerprint density at radius 3 is 1.24 bits per heavy atom. The van der Waals surface area contributed by atoms with Crippen molar-refractivity contribution in [1.29, 1.82) is 0 Å². The van der Waals surface area contributed by atoms with E-state index >= 15 is 0 Å². The Morgan fingerprint density at radius 1 is 0.552 bits per heavy atom. The summed E-state index contributed by atoms with van der Waals surface area (Å²) in [5, 5.41) is 20.3. The predicted octanol–water partition coefficient (Wildman–Crippen LogP) is 7.70. The van der Waals surface area contributed by atoms with Gasteiger partial charge in [0, 0.05) is 5.41 Å². The second-order valence-electron chi connectivity index (χ2n) is 9.12. The second-order valence-corrected chi connectivity index (χ2v) is 9.12. The Kier molecular flexibility index (Phi) is 7.64. The van der Waals surface area contributed by atoms with Crippen LogP contribution in [0.5, 0.6) is 11.5 Å². The van der Waals surface area contributed by atoms with Crippen LogP contribution in [-0.2, 0) is 5.41 Å². The first-order valence-electron chi connectivity index (χ1n) is 11.6. The van der Waals surface area contributed by atoms with Crippen molar-refractivity contribution in [3.8, 4) is 11.5 Å². The van der Waals surface area contributed by atoms with E-state index in [0.717, 1.165) is 24.0 Å². The molecule has 0 bridgehead atoms. The highest BCUT2D eigenvalue weighted by atomic mass is 16.3. The molecule has 0 atom stereocenters.